The van der Waals surface area contributed by atoms with E-state index in [0.717, 1.165) is 31.1 Å². The Bertz CT molecular complexity index is 386. The lowest BCUT2D eigenvalue weighted by Gasteiger charge is -2.32. The highest BCUT2D eigenvalue weighted by Crippen LogP contribution is 2.28. The van der Waals surface area contributed by atoms with Crippen molar-refractivity contribution < 1.29 is 9.53 Å². The summed E-state index contributed by atoms with van der Waals surface area (Å²) in [6, 6.07) is 3.85. The number of ether oxygens (including phenoxy) is 1. The second kappa shape index (κ2) is 5.62. The third-order valence-corrected chi connectivity index (χ3v) is 4.02. The van der Waals surface area contributed by atoms with Crippen LogP contribution in [0.4, 0.5) is 0 Å². The molecule has 0 spiro atoms. The summed E-state index contributed by atoms with van der Waals surface area (Å²) in [5.74, 6) is -0.159. The summed E-state index contributed by atoms with van der Waals surface area (Å²) >= 11 is 1.67. The van der Waals surface area contributed by atoms with Crippen molar-refractivity contribution in [2.45, 2.75) is 13.0 Å². The highest BCUT2D eigenvalue weighted by Gasteiger charge is 2.30. The van der Waals surface area contributed by atoms with Crippen molar-refractivity contribution in [1.82, 2.24) is 10.2 Å². The van der Waals surface area contributed by atoms with Crippen LogP contribution in [-0.2, 0) is 9.53 Å². The molecule has 1 aliphatic rings. The molecule has 1 N–H and O–H groups in total. The molecule has 4 nitrogen and oxygen atoms in total. The van der Waals surface area contributed by atoms with E-state index in [1.165, 1.54) is 12.0 Å². The van der Waals surface area contributed by atoms with E-state index in [0.29, 0.717) is 0 Å². The Kier molecular flexibility index (Phi) is 4.15. The molecule has 1 saturated heterocycles. The lowest BCUT2D eigenvalue weighted by atomic mass is 10.2. The van der Waals surface area contributed by atoms with Crippen LogP contribution in [0.15, 0.2) is 12.1 Å². The SMILES string of the molecule is COC(=O)C(c1ccc(C)s1)N1CCNCC1. The molecule has 2 heterocycles. The van der Waals surface area contributed by atoms with Gasteiger partial charge in [-0.05, 0) is 19.1 Å². The van der Waals surface area contributed by atoms with Crippen molar-refractivity contribution in [3.63, 3.8) is 0 Å². The highest BCUT2D eigenvalue weighted by molar-refractivity contribution is 7.12. The van der Waals surface area contributed by atoms with Crippen molar-refractivity contribution in [3.8, 4) is 0 Å². The third kappa shape index (κ3) is 2.86. The van der Waals surface area contributed by atoms with E-state index in [1.54, 1.807) is 11.3 Å². The first-order valence-corrected chi connectivity index (χ1v) is 6.63. The smallest absolute Gasteiger partial charge is 0.328 e. The van der Waals surface area contributed by atoms with Crippen molar-refractivity contribution in [1.29, 1.82) is 0 Å². The number of piperazine rings is 1. The quantitative estimate of drug-likeness (QED) is 0.822. The number of thiophene rings is 1. The second-order valence-electron chi connectivity index (χ2n) is 4.16. The van der Waals surface area contributed by atoms with Gasteiger partial charge in [-0.1, -0.05) is 0 Å². The summed E-state index contributed by atoms with van der Waals surface area (Å²) in [4.78, 5) is 16.4. The van der Waals surface area contributed by atoms with Gasteiger partial charge in [-0.15, -0.1) is 11.3 Å². The van der Waals surface area contributed by atoms with Crippen LogP contribution in [0.3, 0.4) is 0 Å². The van der Waals surface area contributed by atoms with Gasteiger partial charge in [0.05, 0.1) is 7.11 Å². The fourth-order valence-corrected chi connectivity index (χ4v) is 3.10. The van der Waals surface area contributed by atoms with Crippen molar-refractivity contribution in [2.24, 2.45) is 0 Å². The van der Waals surface area contributed by atoms with Crippen LogP contribution < -0.4 is 5.32 Å². The number of aryl methyl sites for hydroxylation is 1. The van der Waals surface area contributed by atoms with Gasteiger partial charge in [-0.2, -0.15) is 0 Å². The monoisotopic (exact) mass is 254 g/mol. The van der Waals surface area contributed by atoms with Gasteiger partial charge in [0.1, 0.15) is 6.04 Å². The minimum atomic E-state index is -0.235. The van der Waals surface area contributed by atoms with E-state index in [1.807, 2.05) is 6.07 Å². The zero-order chi connectivity index (χ0) is 12.3. The molecule has 1 aliphatic heterocycles. The van der Waals surface area contributed by atoms with E-state index in [2.05, 4.69) is 23.2 Å². The van der Waals surface area contributed by atoms with Gasteiger partial charge < -0.3 is 10.1 Å². The first-order valence-electron chi connectivity index (χ1n) is 5.81. The molecule has 1 atom stereocenters. The topological polar surface area (TPSA) is 41.6 Å². The predicted octanol–water partition coefficient (Wildman–Crippen LogP) is 1.18. The number of nitrogens with zero attached hydrogens (tertiary/aromatic N) is 1. The van der Waals surface area contributed by atoms with E-state index < -0.39 is 0 Å². The lowest BCUT2D eigenvalue weighted by molar-refractivity contribution is -0.147. The van der Waals surface area contributed by atoms with E-state index in [9.17, 15) is 4.79 Å². The van der Waals surface area contributed by atoms with Crippen LogP contribution in [0, 0.1) is 6.92 Å². The molecule has 0 radical (unpaired) electrons. The van der Waals surface area contributed by atoms with Crippen LogP contribution in [0.2, 0.25) is 0 Å². The van der Waals surface area contributed by atoms with Crippen molar-refractivity contribution in [2.75, 3.05) is 33.3 Å². The zero-order valence-electron chi connectivity index (χ0n) is 10.2. The molecule has 1 aromatic rings. The van der Waals surface area contributed by atoms with Crippen LogP contribution in [-0.4, -0.2) is 44.2 Å². The van der Waals surface area contributed by atoms with Gasteiger partial charge in [-0.25, -0.2) is 4.79 Å². The molecule has 5 heteroatoms. The second-order valence-corrected chi connectivity index (χ2v) is 5.48. The molecule has 1 unspecified atom stereocenters. The summed E-state index contributed by atoms with van der Waals surface area (Å²) in [6.45, 7) is 5.68. The Labute approximate surface area is 106 Å². The molecule has 94 valence electrons. The molecule has 2 rings (SSSR count). The number of hydrogen-bond donors (Lipinski definition) is 1. The first kappa shape index (κ1) is 12.5. The average molecular weight is 254 g/mol. The van der Waals surface area contributed by atoms with E-state index >= 15 is 0 Å². The maximum absolute atomic E-state index is 11.9. The summed E-state index contributed by atoms with van der Waals surface area (Å²) in [6.07, 6.45) is 0. The molecule has 17 heavy (non-hydrogen) atoms. The Hall–Kier alpha value is -0.910. The fourth-order valence-electron chi connectivity index (χ4n) is 2.10. The van der Waals surface area contributed by atoms with Gasteiger partial charge in [0, 0.05) is 35.9 Å². The number of methoxy groups -OCH3 is 1. The number of carbonyl (C=O) groups is 1. The Balaban J connectivity index is 2.21. The number of carbonyl (C=O) groups excluding carboxylic acids is 1. The molecule has 0 amide bonds. The van der Waals surface area contributed by atoms with Crippen LogP contribution in [0.1, 0.15) is 15.8 Å². The largest absolute Gasteiger partial charge is 0.468 e. The number of hydrogen-bond acceptors (Lipinski definition) is 5. The summed E-state index contributed by atoms with van der Waals surface area (Å²) < 4.78 is 4.93. The summed E-state index contributed by atoms with van der Waals surface area (Å²) in [5, 5.41) is 3.29. The Morgan fingerprint density at radius 3 is 2.71 bits per heavy atom. The average Bonchev–Trinajstić information content (AvgIpc) is 2.77. The highest BCUT2D eigenvalue weighted by atomic mass is 32.1. The number of rotatable bonds is 3. The van der Waals surface area contributed by atoms with Gasteiger partial charge in [0.25, 0.3) is 0 Å². The molecule has 0 bridgehead atoms. The molecular weight excluding hydrogens is 236 g/mol. The lowest BCUT2D eigenvalue weighted by Crippen LogP contribution is -2.47. The predicted molar refractivity (Wildman–Crippen MR) is 68.3 cm³/mol. The van der Waals surface area contributed by atoms with Crippen molar-refractivity contribution >= 4 is 17.3 Å². The molecule has 0 saturated carbocycles. The maximum atomic E-state index is 11.9. The summed E-state index contributed by atoms with van der Waals surface area (Å²) in [7, 11) is 1.46. The molecular formula is C12H18N2O2S. The Morgan fingerprint density at radius 1 is 1.47 bits per heavy atom. The minimum Gasteiger partial charge on any atom is -0.468 e. The van der Waals surface area contributed by atoms with Gasteiger partial charge in [0.15, 0.2) is 0 Å². The normalized spacial score (nSPS) is 18.9. The van der Waals surface area contributed by atoms with Gasteiger partial charge >= 0.3 is 5.97 Å². The number of nitrogens with one attached hydrogen (secondary N) is 1. The van der Waals surface area contributed by atoms with Crippen molar-refractivity contribution in [3.05, 3.63) is 21.9 Å². The van der Waals surface area contributed by atoms with Gasteiger partial charge in [0.2, 0.25) is 0 Å². The molecule has 1 fully saturated rings. The molecule has 0 aliphatic carbocycles. The fraction of sp³-hybridized carbons (Fsp3) is 0.583. The zero-order valence-corrected chi connectivity index (χ0v) is 11.0. The Morgan fingerprint density at radius 2 is 2.18 bits per heavy atom. The van der Waals surface area contributed by atoms with Crippen LogP contribution in [0.5, 0.6) is 0 Å². The van der Waals surface area contributed by atoms with E-state index in [4.69, 9.17) is 4.74 Å². The standard InChI is InChI=1S/C12H18N2O2S/c1-9-3-4-10(17-9)11(12(15)16-2)14-7-5-13-6-8-14/h3-4,11,13H,5-8H2,1-2H3. The van der Waals surface area contributed by atoms with E-state index in [-0.39, 0.29) is 12.0 Å². The first-order chi connectivity index (χ1) is 8.22. The maximum Gasteiger partial charge on any atom is 0.328 e. The molecule has 1 aromatic heterocycles. The van der Waals surface area contributed by atoms with Crippen LogP contribution >= 0.6 is 11.3 Å². The number of esters is 1. The third-order valence-electron chi connectivity index (χ3n) is 2.97. The molecule has 0 aromatic carbocycles. The van der Waals surface area contributed by atoms with Gasteiger partial charge in [-0.3, -0.25) is 4.90 Å². The van der Waals surface area contributed by atoms with Crippen LogP contribution in [0.25, 0.3) is 0 Å². The minimum absolute atomic E-state index is 0.159. The summed E-state index contributed by atoms with van der Waals surface area (Å²) in [5.41, 5.74) is 0.